The van der Waals surface area contributed by atoms with Gasteiger partial charge in [-0.15, -0.1) is 0 Å². The van der Waals surface area contributed by atoms with Crippen molar-refractivity contribution in [3.8, 4) is 0 Å². The smallest absolute Gasteiger partial charge is 0.279 e. The molecule has 0 amide bonds. The molecule has 2 N–H and O–H groups in total. The minimum atomic E-state index is -4.01. The molecule has 3 rings (SSSR count). The highest BCUT2D eigenvalue weighted by Gasteiger charge is 2.22. The minimum absolute atomic E-state index is 0.0655. The van der Waals surface area contributed by atoms with E-state index in [1.807, 2.05) is 13.0 Å². The van der Waals surface area contributed by atoms with Crippen molar-refractivity contribution in [2.75, 3.05) is 10.1 Å². The largest absolute Gasteiger partial charge is 0.295 e. The van der Waals surface area contributed by atoms with Gasteiger partial charge in [0.15, 0.2) is 0 Å². The van der Waals surface area contributed by atoms with Crippen molar-refractivity contribution in [1.29, 1.82) is 0 Å². The van der Waals surface area contributed by atoms with Gasteiger partial charge in [0.1, 0.15) is 5.69 Å². The number of hydrazone groups is 1. The number of sulfonamides is 1. The molecule has 0 atom stereocenters. The molecule has 0 fully saturated rings. The van der Waals surface area contributed by atoms with Gasteiger partial charge < -0.3 is 0 Å². The summed E-state index contributed by atoms with van der Waals surface area (Å²) in [5.74, 6) is 0. The lowest BCUT2D eigenvalue weighted by Crippen LogP contribution is -2.14. The number of aryl methyl sites for hydroxylation is 2. The Labute approximate surface area is 173 Å². The van der Waals surface area contributed by atoms with Gasteiger partial charge in [0.05, 0.1) is 21.7 Å². The van der Waals surface area contributed by atoms with E-state index in [9.17, 15) is 18.5 Å². The summed E-state index contributed by atoms with van der Waals surface area (Å²) in [6.07, 6.45) is 4.65. The van der Waals surface area contributed by atoms with Crippen LogP contribution in [0.1, 0.15) is 16.7 Å². The highest BCUT2D eigenvalue weighted by Crippen LogP contribution is 2.29. The summed E-state index contributed by atoms with van der Waals surface area (Å²) in [6.45, 7) is 3.68. The van der Waals surface area contributed by atoms with Gasteiger partial charge >= 0.3 is 0 Å². The molecule has 0 unspecified atom stereocenters. The number of anilines is 2. The second kappa shape index (κ2) is 8.70. The third-order valence-electron chi connectivity index (χ3n) is 4.21. The number of benzene rings is 2. The predicted molar refractivity (Wildman–Crippen MR) is 115 cm³/mol. The lowest BCUT2D eigenvalue weighted by Gasteiger charge is -2.12. The van der Waals surface area contributed by atoms with E-state index < -0.39 is 20.6 Å². The van der Waals surface area contributed by atoms with E-state index in [0.717, 1.165) is 22.8 Å². The predicted octanol–water partition coefficient (Wildman–Crippen LogP) is 3.85. The molecule has 1 aromatic heterocycles. The van der Waals surface area contributed by atoms with E-state index in [0.29, 0.717) is 5.69 Å². The normalized spacial score (nSPS) is 11.4. The maximum Gasteiger partial charge on any atom is 0.295 e. The molecule has 30 heavy (non-hydrogen) atoms. The summed E-state index contributed by atoms with van der Waals surface area (Å²) < 4.78 is 27.9. The molecule has 1 heterocycles. The molecule has 3 aromatic rings. The highest BCUT2D eigenvalue weighted by atomic mass is 32.2. The molecule has 0 saturated carbocycles. The van der Waals surface area contributed by atoms with Crippen LogP contribution in [0.5, 0.6) is 0 Å². The Hall–Kier alpha value is -3.79. The maximum atomic E-state index is 12.7. The van der Waals surface area contributed by atoms with Crippen molar-refractivity contribution < 1.29 is 13.3 Å². The first-order chi connectivity index (χ1) is 14.3. The zero-order valence-electron chi connectivity index (χ0n) is 16.2. The molecule has 10 heteroatoms. The third kappa shape index (κ3) is 4.97. The van der Waals surface area contributed by atoms with Crippen molar-refractivity contribution in [3.05, 3.63) is 87.7 Å². The van der Waals surface area contributed by atoms with Gasteiger partial charge in [0, 0.05) is 18.5 Å². The number of nitrogens with one attached hydrogen (secondary N) is 2. The highest BCUT2D eigenvalue weighted by molar-refractivity contribution is 7.92. The summed E-state index contributed by atoms with van der Waals surface area (Å²) in [5.41, 5.74) is 5.13. The molecule has 154 valence electrons. The summed E-state index contributed by atoms with van der Waals surface area (Å²) in [7, 11) is -4.01. The fourth-order valence-electron chi connectivity index (χ4n) is 2.68. The molecule has 0 bridgehead atoms. The molecule has 9 nitrogen and oxygen atoms in total. The third-order valence-corrected chi connectivity index (χ3v) is 5.57. The molecule has 0 radical (unpaired) electrons. The van der Waals surface area contributed by atoms with Crippen LogP contribution in [-0.2, 0) is 10.0 Å². The zero-order chi connectivity index (χ0) is 21.7. The first-order valence-electron chi connectivity index (χ1n) is 8.84. The topological polar surface area (TPSA) is 127 Å². The minimum Gasteiger partial charge on any atom is -0.279 e. The van der Waals surface area contributed by atoms with Crippen LogP contribution in [0.15, 0.2) is 70.9 Å². The number of rotatable bonds is 7. The van der Waals surface area contributed by atoms with E-state index in [-0.39, 0.29) is 10.6 Å². The van der Waals surface area contributed by atoms with Gasteiger partial charge in [-0.1, -0.05) is 17.7 Å². The lowest BCUT2D eigenvalue weighted by atomic mass is 10.1. The summed E-state index contributed by atoms with van der Waals surface area (Å²) in [6, 6.07) is 12.3. The van der Waals surface area contributed by atoms with Gasteiger partial charge in [-0.2, -0.15) is 5.10 Å². The van der Waals surface area contributed by atoms with Crippen LogP contribution in [0.2, 0.25) is 0 Å². The van der Waals surface area contributed by atoms with Gasteiger partial charge in [-0.25, -0.2) is 8.42 Å². The Morgan fingerprint density at radius 3 is 2.40 bits per heavy atom. The summed E-state index contributed by atoms with van der Waals surface area (Å²) >= 11 is 0. The van der Waals surface area contributed by atoms with Crippen LogP contribution in [0.3, 0.4) is 0 Å². The Morgan fingerprint density at radius 2 is 1.73 bits per heavy atom. The van der Waals surface area contributed by atoms with Crippen LogP contribution in [0.25, 0.3) is 0 Å². The fourth-order valence-corrected chi connectivity index (χ4v) is 3.83. The Morgan fingerprint density at radius 1 is 1.03 bits per heavy atom. The molecule has 0 saturated heterocycles. The van der Waals surface area contributed by atoms with Crippen molar-refractivity contribution in [2.45, 2.75) is 18.7 Å². The molecule has 0 spiro atoms. The summed E-state index contributed by atoms with van der Waals surface area (Å²) in [5, 5.41) is 15.4. The van der Waals surface area contributed by atoms with Crippen LogP contribution in [0.4, 0.5) is 17.1 Å². The lowest BCUT2D eigenvalue weighted by molar-refractivity contribution is -0.384. The monoisotopic (exact) mass is 425 g/mol. The molecule has 0 aliphatic carbocycles. The number of nitro groups is 1. The van der Waals surface area contributed by atoms with Crippen molar-refractivity contribution in [2.24, 2.45) is 5.10 Å². The van der Waals surface area contributed by atoms with Gasteiger partial charge in [0.2, 0.25) is 0 Å². The van der Waals surface area contributed by atoms with Crippen LogP contribution >= 0.6 is 0 Å². The molecule has 2 aromatic carbocycles. The SMILES string of the molecule is Cc1ccc(NS(=O)(=O)c2ccc(NN=Cc3ccncc3)c([N+](=O)[O-])c2)c(C)c1. The average molecular weight is 425 g/mol. The Bertz CT molecular complexity index is 1210. The second-order valence-electron chi connectivity index (χ2n) is 6.51. The van der Waals surface area contributed by atoms with Crippen molar-refractivity contribution in [3.63, 3.8) is 0 Å². The van der Waals surface area contributed by atoms with E-state index in [1.54, 1.807) is 43.6 Å². The first kappa shape index (κ1) is 20.9. The van der Waals surface area contributed by atoms with Crippen LogP contribution in [0, 0.1) is 24.0 Å². The first-order valence-corrected chi connectivity index (χ1v) is 10.3. The number of pyridine rings is 1. The van der Waals surface area contributed by atoms with Gasteiger partial charge in [-0.05, 0) is 55.3 Å². The van der Waals surface area contributed by atoms with Gasteiger partial charge in [0.25, 0.3) is 15.7 Å². The van der Waals surface area contributed by atoms with E-state index in [2.05, 4.69) is 20.2 Å². The van der Waals surface area contributed by atoms with Crippen LogP contribution in [-0.4, -0.2) is 24.5 Å². The van der Waals surface area contributed by atoms with E-state index in [4.69, 9.17) is 0 Å². The number of hydrogen-bond donors (Lipinski definition) is 2. The Balaban J connectivity index is 1.86. The number of nitro benzene ring substituents is 1. The fraction of sp³-hybridized carbons (Fsp3) is 0.100. The van der Waals surface area contributed by atoms with Crippen molar-refractivity contribution in [1.82, 2.24) is 4.98 Å². The van der Waals surface area contributed by atoms with Crippen LogP contribution < -0.4 is 10.1 Å². The molecular weight excluding hydrogens is 406 g/mol. The molecular formula is C20H19N5O4S. The Kier molecular flexibility index (Phi) is 6.07. The standard InChI is InChI=1S/C20H19N5O4S/c1-14-3-5-18(15(2)11-14)24-30(28,29)17-4-6-19(20(12-17)25(26)27)23-22-13-16-7-9-21-10-8-16/h3-13,23-24H,1-2H3. The maximum absolute atomic E-state index is 12.7. The molecule has 0 aliphatic rings. The van der Waals surface area contributed by atoms with E-state index in [1.165, 1.54) is 18.3 Å². The van der Waals surface area contributed by atoms with Crippen molar-refractivity contribution >= 4 is 33.3 Å². The summed E-state index contributed by atoms with van der Waals surface area (Å²) in [4.78, 5) is 14.5. The average Bonchev–Trinajstić information content (AvgIpc) is 2.71. The number of nitrogens with zero attached hydrogens (tertiary/aromatic N) is 3. The quantitative estimate of drug-likeness (QED) is 0.336. The number of aromatic nitrogens is 1. The number of hydrogen-bond acceptors (Lipinski definition) is 7. The van der Waals surface area contributed by atoms with E-state index >= 15 is 0 Å². The second-order valence-corrected chi connectivity index (χ2v) is 8.19. The van der Waals surface area contributed by atoms with Gasteiger partial charge in [-0.3, -0.25) is 25.2 Å². The zero-order valence-corrected chi connectivity index (χ0v) is 17.1. The molecule has 0 aliphatic heterocycles.